The van der Waals surface area contributed by atoms with Crippen LogP contribution >= 0.6 is 0 Å². The highest BCUT2D eigenvalue weighted by Gasteiger charge is 2.08. The van der Waals surface area contributed by atoms with Gasteiger partial charge in [0.15, 0.2) is 0 Å². The number of para-hydroxylation sites is 1. The summed E-state index contributed by atoms with van der Waals surface area (Å²) in [5, 5.41) is 6.07. The minimum Gasteiger partial charge on any atom is -0.496 e. The third-order valence-electron chi connectivity index (χ3n) is 3.62. The summed E-state index contributed by atoms with van der Waals surface area (Å²) in [6, 6.07) is 9.42. The first-order chi connectivity index (χ1) is 11.7. The Morgan fingerprint density at radius 1 is 1.21 bits per heavy atom. The van der Waals surface area contributed by atoms with Gasteiger partial charge in [-0.2, -0.15) is 0 Å². The molecule has 0 saturated carbocycles. The van der Waals surface area contributed by atoms with Crippen LogP contribution in [0.1, 0.15) is 42.2 Å². The number of benzene rings is 1. The molecule has 0 unspecified atom stereocenters. The van der Waals surface area contributed by atoms with Crippen LogP contribution in [0.15, 0.2) is 36.7 Å². The number of methoxy groups -OCH3 is 1. The van der Waals surface area contributed by atoms with Crippen LogP contribution in [0.5, 0.6) is 5.75 Å². The van der Waals surface area contributed by atoms with Crippen molar-refractivity contribution in [2.45, 2.75) is 32.7 Å². The Hall–Kier alpha value is -2.63. The van der Waals surface area contributed by atoms with Crippen LogP contribution in [0.25, 0.3) is 0 Å². The molecule has 0 radical (unpaired) electrons. The summed E-state index contributed by atoms with van der Waals surface area (Å²) in [6.45, 7) is 3.35. The summed E-state index contributed by atoms with van der Waals surface area (Å²) in [5.74, 6) is 1.25. The molecule has 0 spiro atoms. The molecule has 2 aromatic rings. The standard InChI is InChI=1S/C18H24N4O2/c1-3-4-7-10-19-18(23)15-11-17(22-13-21-15)20-12-14-8-5-6-9-16(14)24-2/h5-6,8-9,11,13H,3-4,7,10,12H2,1-2H3,(H,19,23)(H,20,21,22). The molecular weight excluding hydrogens is 304 g/mol. The highest BCUT2D eigenvalue weighted by molar-refractivity contribution is 5.92. The number of rotatable bonds is 9. The molecule has 1 aromatic carbocycles. The van der Waals surface area contributed by atoms with Crippen molar-refractivity contribution in [1.82, 2.24) is 15.3 Å². The lowest BCUT2D eigenvalue weighted by atomic mass is 10.2. The number of nitrogens with zero attached hydrogens (tertiary/aromatic N) is 2. The van der Waals surface area contributed by atoms with Crippen LogP contribution in [0.3, 0.4) is 0 Å². The van der Waals surface area contributed by atoms with Crippen molar-refractivity contribution in [2.24, 2.45) is 0 Å². The monoisotopic (exact) mass is 328 g/mol. The van der Waals surface area contributed by atoms with Gasteiger partial charge >= 0.3 is 0 Å². The average Bonchev–Trinajstić information content (AvgIpc) is 2.64. The fourth-order valence-corrected chi connectivity index (χ4v) is 2.28. The topological polar surface area (TPSA) is 76.1 Å². The van der Waals surface area contributed by atoms with Crippen molar-refractivity contribution in [1.29, 1.82) is 0 Å². The fraction of sp³-hybridized carbons (Fsp3) is 0.389. The van der Waals surface area contributed by atoms with Crippen LogP contribution in [0.2, 0.25) is 0 Å². The number of amides is 1. The van der Waals surface area contributed by atoms with Crippen molar-refractivity contribution < 1.29 is 9.53 Å². The quantitative estimate of drug-likeness (QED) is 0.692. The first-order valence-electron chi connectivity index (χ1n) is 8.20. The maximum atomic E-state index is 12.1. The maximum absolute atomic E-state index is 12.1. The second-order valence-electron chi connectivity index (χ2n) is 5.42. The van der Waals surface area contributed by atoms with E-state index in [1.54, 1.807) is 13.2 Å². The average molecular weight is 328 g/mol. The van der Waals surface area contributed by atoms with E-state index >= 15 is 0 Å². The summed E-state index contributed by atoms with van der Waals surface area (Å²) in [4.78, 5) is 20.3. The van der Waals surface area contributed by atoms with Gasteiger partial charge < -0.3 is 15.4 Å². The van der Waals surface area contributed by atoms with Crippen LogP contribution in [0.4, 0.5) is 5.82 Å². The molecule has 1 amide bonds. The van der Waals surface area contributed by atoms with Gasteiger partial charge in [0, 0.05) is 24.7 Å². The van der Waals surface area contributed by atoms with Crippen LogP contribution in [-0.4, -0.2) is 29.5 Å². The molecule has 0 atom stereocenters. The van der Waals surface area contributed by atoms with E-state index in [2.05, 4.69) is 27.5 Å². The molecule has 1 aromatic heterocycles. The number of carbonyl (C=O) groups excluding carboxylic acids is 1. The van der Waals surface area contributed by atoms with Gasteiger partial charge in [0.05, 0.1) is 7.11 Å². The predicted molar refractivity (Wildman–Crippen MR) is 94.2 cm³/mol. The van der Waals surface area contributed by atoms with E-state index < -0.39 is 0 Å². The van der Waals surface area contributed by atoms with Gasteiger partial charge in [-0.05, 0) is 12.5 Å². The highest BCUT2D eigenvalue weighted by atomic mass is 16.5. The molecule has 0 bridgehead atoms. The molecule has 1 heterocycles. The van der Waals surface area contributed by atoms with E-state index in [1.165, 1.54) is 6.33 Å². The zero-order valence-corrected chi connectivity index (χ0v) is 14.2. The lowest BCUT2D eigenvalue weighted by Gasteiger charge is -2.10. The Labute approximate surface area is 142 Å². The highest BCUT2D eigenvalue weighted by Crippen LogP contribution is 2.18. The third-order valence-corrected chi connectivity index (χ3v) is 3.62. The Balaban J connectivity index is 1.93. The van der Waals surface area contributed by atoms with Crippen molar-refractivity contribution in [3.05, 3.63) is 47.9 Å². The van der Waals surface area contributed by atoms with Gasteiger partial charge in [0.25, 0.3) is 5.91 Å². The SMILES string of the molecule is CCCCCNC(=O)c1cc(NCc2ccccc2OC)ncn1. The lowest BCUT2D eigenvalue weighted by molar-refractivity contribution is 0.0948. The number of unbranched alkanes of at least 4 members (excludes halogenated alkanes) is 2. The Morgan fingerprint density at radius 3 is 2.83 bits per heavy atom. The maximum Gasteiger partial charge on any atom is 0.270 e. The molecule has 0 aliphatic heterocycles. The van der Waals surface area contributed by atoms with E-state index in [-0.39, 0.29) is 5.91 Å². The van der Waals surface area contributed by atoms with Crippen LogP contribution < -0.4 is 15.4 Å². The van der Waals surface area contributed by atoms with Gasteiger partial charge in [-0.3, -0.25) is 4.79 Å². The summed E-state index contributed by atoms with van der Waals surface area (Å²) in [7, 11) is 1.64. The predicted octanol–water partition coefficient (Wildman–Crippen LogP) is 3.02. The number of hydrogen-bond acceptors (Lipinski definition) is 5. The lowest BCUT2D eigenvalue weighted by Crippen LogP contribution is -2.25. The number of hydrogen-bond donors (Lipinski definition) is 2. The largest absolute Gasteiger partial charge is 0.496 e. The first-order valence-corrected chi connectivity index (χ1v) is 8.20. The van der Waals surface area contributed by atoms with Crippen molar-refractivity contribution in [3.8, 4) is 5.75 Å². The normalized spacial score (nSPS) is 10.2. The van der Waals surface area contributed by atoms with E-state index in [0.29, 0.717) is 24.6 Å². The summed E-state index contributed by atoms with van der Waals surface area (Å²) in [5.41, 5.74) is 1.38. The van der Waals surface area contributed by atoms with Gasteiger partial charge in [-0.25, -0.2) is 9.97 Å². The molecule has 2 N–H and O–H groups in total. The summed E-state index contributed by atoms with van der Waals surface area (Å²) >= 11 is 0. The number of carbonyl (C=O) groups is 1. The van der Waals surface area contributed by atoms with E-state index in [4.69, 9.17) is 4.74 Å². The fourth-order valence-electron chi connectivity index (χ4n) is 2.28. The molecule has 0 saturated heterocycles. The van der Waals surface area contributed by atoms with E-state index in [1.807, 2.05) is 24.3 Å². The van der Waals surface area contributed by atoms with Gasteiger partial charge in [0.1, 0.15) is 23.6 Å². The molecule has 0 aliphatic rings. The van der Waals surface area contributed by atoms with Crippen LogP contribution in [-0.2, 0) is 6.54 Å². The number of ether oxygens (including phenoxy) is 1. The Morgan fingerprint density at radius 2 is 2.04 bits per heavy atom. The molecule has 2 rings (SSSR count). The zero-order valence-electron chi connectivity index (χ0n) is 14.2. The van der Waals surface area contributed by atoms with Crippen molar-refractivity contribution in [2.75, 3.05) is 19.0 Å². The number of anilines is 1. The smallest absolute Gasteiger partial charge is 0.270 e. The minimum absolute atomic E-state index is 0.172. The Kier molecular flexibility index (Phi) is 7.01. The summed E-state index contributed by atoms with van der Waals surface area (Å²) in [6.07, 6.45) is 4.61. The van der Waals surface area contributed by atoms with Gasteiger partial charge in [0.2, 0.25) is 0 Å². The second kappa shape index (κ2) is 9.50. The van der Waals surface area contributed by atoms with Crippen molar-refractivity contribution in [3.63, 3.8) is 0 Å². The first kappa shape index (κ1) is 17.7. The number of nitrogens with one attached hydrogen (secondary N) is 2. The Bertz CT molecular complexity index is 661. The molecular formula is C18H24N4O2. The molecule has 0 aliphatic carbocycles. The second-order valence-corrected chi connectivity index (χ2v) is 5.42. The molecule has 6 heteroatoms. The van der Waals surface area contributed by atoms with Gasteiger partial charge in [-0.15, -0.1) is 0 Å². The number of aromatic nitrogens is 2. The minimum atomic E-state index is -0.172. The summed E-state index contributed by atoms with van der Waals surface area (Å²) < 4.78 is 5.32. The van der Waals surface area contributed by atoms with E-state index in [0.717, 1.165) is 30.6 Å². The zero-order chi connectivity index (χ0) is 17.2. The molecule has 128 valence electrons. The molecule has 0 fully saturated rings. The molecule has 6 nitrogen and oxygen atoms in total. The van der Waals surface area contributed by atoms with E-state index in [9.17, 15) is 4.79 Å². The molecule has 24 heavy (non-hydrogen) atoms. The van der Waals surface area contributed by atoms with Crippen LogP contribution in [0, 0.1) is 0 Å². The van der Waals surface area contributed by atoms with Gasteiger partial charge in [-0.1, -0.05) is 38.0 Å². The third kappa shape index (κ3) is 5.22. The van der Waals surface area contributed by atoms with Crippen molar-refractivity contribution >= 4 is 11.7 Å².